The zero-order chi connectivity index (χ0) is 26.4. The van der Waals surface area contributed by atoms with Crippen molar-refractivity contribution in [1.29, 1.82) is 0 Å². The van der Waals surface area contributed by atoms with E-state index in [4.69, 9.17) is 17.3 Å². The summed E-state index contributed by atoms with van der Waals surface area (Å²) in [6.45, 7) is 2.12. The molecule has 4 aromatic rings. The standard InChI is InChI=1S/C23H24N4O.C6H4ClNO/c1-3-4-5-6-16-7-12-19(13-8-16)26-22-20-15-18(25-2)11-9-17(20)10-14-21(22)27(26)23(24)28;7-6-5(4-9)2-1-3-8-6/h7-9,11-13,15,25H,3-4,10,14H2,1-2H3,(H2,24,28);1-4H. The minimum atomic E-state index is -0.459. The fourth-order valence-electron chi connectivity index (χ4n) is 4.25. The highest BCUT2D eigenvalue weighted by Gasteiger charge is 2.31. The number of anilines is 1. The van der Waals surface area contributed by atoms with Crippen LogP contribution in [0.2, 0.25) is 5.15 Å². The third-order valence-corrected chi connectivity index (χ3v) is 6.38. The average molecular weight is 514 g/mol. The molecule has 0 saturated carbocycles. The summed E-state index contributed by atoms with van der Waals surface area (Å²) in [7, 11) is 1.91. The highest BCUT2D eigenvalue weighted by Crippen LogP contribution is 2.39. The summed E-state index contributed by atoms with van der Waals surface area (Å²) in [5.41, 5.74) is 13.5. The zero-order valence-corrected chi connectivity index (χ0v) is 21.5. The predicted octanol–water partition coefficient (Wildman–Crippen LogP) is 5.71. The summed E-state index contributed by atoms with van der Waals surface area (Å²) in [5.74, 6) is 6.34. The number of amides is 1. The van der Waals surface area contributed by atoms with Crippen molar-refractivity contribution in [2.24, 2.45) is 5.73 Å². The van der Waals surface area contributed by atoms with E-state index in [1.807, 2.05) is 36.0 Å². The maximum Gasteiger partial charge on any atom is 0.338 e. The van der Waals surface area contributed by atoms with Crippen molar-refractivity contribution in [3.05, 3.63) is 88.3 Å². The number of nitrogens with two attached hydrogens (primary N) is 1. The van der Waals surface area contributed by atoms with Crippen LogP contribution >= 0.6 is 11.6 Å². The molecule has 2 aromatic heterocycles. The van der Waals surface area contributed by atoms with Gasteiger partial charge in [0.1, 0.15) is 5.15 Å². The molecule has 7 nitrogen and oxygen atoms in total. The van der Waals surface area contributed by atoms with Crippen LogP contribution < -0.4 is 11.1 Å². The Morgan fingerprint density at radius 3 is 2.59 bits per heavy atom. The minimum Gasteiger partial charge on any atom is -0.388 e. The number of nitrogens with zero attached hydrogens (tertiary/aromatic N) is 3. The molecule has 2 heterocycles. The van der Waals surface area contributed by atoms with Gasteiger partial charge in [0.2, 0.25) is 0 Å². The number of carbonyl (C=O) groups is 2. The molecule has 1 amide bonds. The monoisotopic (exact) mass is 513 g/mol. The first kappa shape index (κ1) is 25.8. The number of aldehydes is 1. The number of nitrogens with one attached hydrogen (secondary N) is 1. The van der Waals surface area contributed by atoms with Crippen LogP contribution in [-0.4, -0.2) is 33.7 Å². The summed E-state index contributed by atoms with van der Waals surface area (Å²) < 4.78 is 3.50. The van der Waals surface area contributed by atoms with Gasteiger partial charge in [-0.3, -0.25) is 4.79 Å². The number of rotatable bonds is 4. The fraction of sp³-hybridized carbons (Fsp3) is 0.207. The van der Waals surface area contributed by atoms with Crippen LogP contribution in [0.15, 0.2) is 60.8 Å². The second-order valence-corrected chi connectivity index (χ2v) is 8.84. The van der Waals surface area contributed by atoms with E-state index in [0.29, 0.717) is 11.8 Å². The van der Waals surface area contributed by atoms with Gasteiger partial charge in [0.15, 0.2) is 6.29 Å². The molecule has 5 rings (SSSR count). The van der Waals surface area contributed by atoms with E-state index in [1.54, 1.807) is 16.8 Å². The van der Waals surface area contributed by atoms with E-state index < -0.39 is 6.03 Å². The van der Waals surface area contributed by atoms with Gasteiger partial charge >= 0.3 is 6.03 Å². The van der Waals surface area contributed by atoms with Crippen molar-refractivity contribution < 1.29 is 9.59 Å². The molecule has 0 fully saturated rings. The van der Waals surface area contributed by atoms with Gasteiger partial charge < -0.3 is 11.1 Å². The molecule has 1 aliphatic carbocycles. The number of halogens is 1. The summed E-state index contributed by atoms with van der Waals surface area (Å²) in [6, 6.07) is 17.2. The number of hydrogen-bond acceptors (Lipinski definition) is 4. The predicted molar refractivity (Wildman–Crippen MR) is 148 cm³/mol. The number of pyridine rings is 1. The van der Waals surface area contributed by atoms with Crippen molar-refractivity contribution >= 4 is 29.6 Å². The van der Waals surface area contributed by atoms with E-state index in [1.165, 1.54) is 11.8 Å². The van der Waals surface area contributed by atoms with Crippen LogP contribution in [0.3, 0.4) is 0 Å². The van der Waals surface area contributed by atoms with Gasteiger partial charge in [-0.25, -0.2) is 19.1 Å². The molecule has 3 N–H and O–H groups in total. The van der Waals surface area contributed by atoms with E-state index in [9.17, 15) is 9.59 Å². The number of fused-ring (bicyclic) bond motifs is 3. The van der Waals surface area contributed by atoms with Gasteiger partial charge in [0.05, 0.1) is 22.6 Å². The summed E-state index contributed by atoms with van der Waals surface area (Å²) in [4.78, 5) is 25.9. The molecular formula is C29H28ClN5O2. The number of primary amides is 1. The van der Waals surface area contributed by atoms with Gasteiger partial charge in [-0.05, 0) is 73.4 Å². The Morgan fingerprint density at radius 1 is 1.19 bits per heavy atom. The third kappa shape index (κ3) is 5.45. The van der Waals surface area contributed by atoms with Crippen LogP contribution in [0.1, 0.15) is 46.9 Å². The number of benzene rings is 2. The molecule has 37 heavy (non-hydrogen) atoms. The van der Waals surface area contributed by atoms with Crippen molar-refractivity contribution in [3.8, 4) is 28.8 Å². The molecule has 0 saturated heterocycles. The van der Waals surface area contributed by atoms with E-state index in [2.05, 4.69) is 47.3 Å². The normalized spacial score (nSPS) is 11.2. The van der Waals surface area contributed by atoms with Gasteiger partial charge in [0, 0.05) is 36.5 Å². The SMILES string of the molecule is CCCC#Cc1ccc(-n2c3c(n2C(N)=O)CCc2ccc(NC)cc2-3)cc1.O=Cc1cccnc1Cl. The number of aromatic nitrogens is 3. The highest BCUT2D eigenvalue weighted by atomic mass is 35.5. The smallest absolute Gasteiger partial charge is 0.338 e. The van der Waals surface area contributed by atoms with Crippen molar-refractivity contribution in [2.45, 2.75) is 32.6 Å². The van der Waals surface area contributed by atoms with Gasteiger partial charge in [0.25, 0.3) is 0 Å². The number of carbonyl (C=O) groups excluding carboxylic acids is 2. The van der Waals surface area contributed by atoms with Gasteiger partial charge in [-0.15, -0.1) is 0 Å². The topological polar surface area (TPSA) is 94.9 Å². The first-order valence-corrected chi connectivity index (χ1v) is 12.4. The maximum atomic E-state index is 12.1. The number of hydrogen-bond donors (Lipinski definition) is 2. The lowest BCUT2D eigenvalue weighted by Crippen LogP contribution is -2.38. The molecule has 0 spiro atoms. The summed E-state index contributed by atoms with van der Waals surface area (Å²) >= 11 is 5.48. The average Bonchev–Trinajstić information content (AvgIpc) is 2.90. The van der Waals surface area contributed by atoms with Crippen molar-refractivity contribution in [3.63, 3.8) is 0 Å². The fourth-order valence-corrected chi connectivity index (χ4v) is 4.42. The molecule has 1 aliphatic rings. The second-order valence-electron chi connectivity index (χ2n) is 8.48. The lowest BCUT2D eigenvalue weighted by Gasteiger charge is -2.34. The van der Waals surface area contributed by atoms with E-state index >= 15 is 0 Å². The molecule has 0 aliphatic heterocycles. The Labute approximate surface area is 221 Å². The first-order chi connectivity index (χ1) is 18.0. The molecular weight excluding hydrogens is 486 g/mol. The van der Waals surface area contributed by atoms with E-state index in [-0.39, 0.29) is 5.15 Å². The Hall–Kier alpha value is -4.28. The summed E-state index contributed by atoms with van der Waals surface area (Å²) in [6.07, 6.45) is 5.87. The van der Waals surface area contributed by atoms with Crippen LogP contribution in [-0.2, 0) is 12.8 Å². The van der Waals surface area contributed by atoms with Crippen LogP contribution in [0, 0.1) is 11.8 Å². The van der Waals surface area contributed by atoms with E-state index in [0.717, 1.165) is 59.6 Å². The van der Waals surface area contributed by atoms with Gasteiger partial charge in [-0.1, -0.05) is 36.4 Å². The Bertz CT molecular complexity index is 1490. The molecule has 0 atom stereocenters. The number of unbranched alkanes of at least 4 members (excludes halogenated alkanes) is 1. The summed E-state index contributed by atoms with van der Waals surface area (Å²) in [5, 5.41) is 3.45. The molecule has 188 valence electrons. The van der Waals surface area contributed by atoms with Crippen molar-refractivity contribution in [1.82, 2.24) is 14.3 Å². The molecule has 0 bridgehead atoms. The van der Waals surface area contributed by atoms with Crippen molar-refractivity contribution in [2.75, 3.05) is 12.4 Å². The molecule has 2 aromatic carbocycles. The number of aryl methyl sites for hydroxylation is 1. The first-order valence-electron chi connectivity index (χ1n) is 12.1. The Morgan fingerprint density at radius 2 is 1.97 bits per heavy atom. The highest BCUT2D eigenvalue weighted by molar-refractivity contribution is 6.31. The zero-order valence-electron chi connectivity index (χ0n) is 20.8. The largest absolute Gasteiger partial charge is 0.388 e. The third-order valence-electron chi connectivity index (χ3n) is 6.07. The minimum absolute atomic E-state index is 0.257. The van der Waals surface area contributed by atoms with Gasteiger partial charge in [-0.2, -0.15) is 0 Å². The van der Waals surface area contributed by atoms with Crippen LogP contribution in [0.5, 0.6) is 0 Å². The molecule has 0 unspecified atom stereocenters. The Kier molecular flexibility index (Phi) is 8.11. The Balaban J connectivity index is 0.000000301. The molecule has 8 heteroatoms. The van der Waals surface area contributed by atoms with Crippen LogP contribution in [0.4, 0.5) is 10.5 Å². The lowest BCUT2D eigenvalue weighted by atomic mass is 9.90. The molecule has 0 radical (unpaired) electrons. The second kappa shape index (κ2) is 11.6. The van der Waals surface area contributed by atoms with Crippen LogP contribution in [0.25, 0.3) is 16.9 Å². The lowest BCUT2D eigenvalue weighted by molar-refractivity contribution is 0.112. The quantitative estimate of drug-likeness (QED) is 0.207. The maximum absolute atomic E-state index is 12.1.